The number of aryl methyl sites for hydroxylation is 2. The average Bonchev–Trinajstić information content (AvgIpc) is 3.53. The molecule has 3 heterocycles. The molecular weight excluding hydrogens is 444 g/mol. The first-order valence-corrected chi connectivity index (χ1v) is 11.3. The van der Waals surface area contributed by atoms with E-state index < -0.39 is 0 Å². The Hall–Kier alpha value is -3.66. The van der Waals surface area contributed by atoms with Gasteiger partial charge in [-0.05, 0) is 49.2 Å². The molecule has 1 aromatic heterocycles. The smallest absolute Gasteiger partial charge is 0.264 e. The molecule has 1 fully saturated rings. The molecule has 170 valence electrons. The second-order valence-corrected chi connectivity index (χ2v) is 8.98. The minimum atomic E-state index is -0.352. The van der Waals surface area contributed by atoms with E-state index in [-0.39, 0.29) is 31.1 Å². The highest BCUT2D eigenvalue weighted by Crippen LogP contribution is 2.36. The molecule has 2 aliphatic rings. The highest BCUT2D eigenvalue weighted by Gasteiger charge is 2.34. The second-order valence-electron chi connectivity index (χ2n) is 7.97. The summed E-state index contributed by atoms with van der Waals surface area (Å²) in [5.74, 6) is 1.38. The molecule has 0 aliphatic carbocycles. The standard InChI is InChI=1S/C23H22N4O5S/c1-13-3-4-16(7-14(13)2)27-10-15(8-21(27)29)22-25-26-23(33-22)24-20(28)11-30-17-5-6-18-19(9-17)32-12-31-18/h3-7,9,15H,8,10-12H2,1-2H3,(H,24,26,28). The quantitative estimate of drug-likeness (QED) is 0.594. The molecular formula is C23H22N4O5S. The van der Waals surface area contributed by atoms with Gasteiger partial charge in [-0.15, -0.1) is 10.2 Å². The summed E-state index contributed by atoms with van der Waals surface area (Å²) in [6.45, 7) is 4.61. The van der Waals surface area contributed by atoms with Gasteiger partial charge < -0.3 is 19.1 Å². The summed E-state index contributed by atoms with van der Waals surface area (Å²) < 4.78 is 16.1. The number of anilines is 2. The topological polar surface area (TPSA) is 103 Å². The van der Waals surface area contributed by atoms with Crippen LogP contribution >= 0.6 is 11.3 Å². The summed E-state index contributed by atoms with van der Waals surface area (Å²) in [4.78, 5) is 26.7. The third kappa shape index (κ3) is 4.47. The van der Waals surface area contributed by atoms with E-state index in [1.54, 1.807) is 23.1 Å². The van der Waals surface area contributed by atoms with Crippen LogP contribution in [0.1, 0.15) is 28.5 Å². The van der Waals surface area contributed by atoms with Gasteiger partial charge >= 0.3 is 0 Å². The van der Waals surface area contributed by atoms with E-state index in [2.05, 4.69) is 15.5 Å². The fourth-order valence-corrected chi connectivity index (χ4v) is 4.59. The average molecular weight is 467 g/mol. The molecule has 2 aliphatic heterocycles. The zero-order valence-corrected chi connectivity index (χ0v) is 19.0. The maximum absolute atomic E-state index is 12.6. The molecule has 0 radical (unpaired) electrons. The number of nitrogens with one attached hydrogen (secondary N) is 1. The number of aromatic nitrogens is 2. The van der Waals surface area contributed by atoms with Gasteiger partial charge in [-0.3, -0.25) is 14.9 Å². The number of carbonyl (C=O) groups excluding carboxylic acids is 2. The minimum absolute atomic E-state index is 0.0566. The molecule has 0 spiro atoms. The number of nitrogens with zero attached hydrogens (tertiary/aromatic N) is 3. The first-order valence-electron chi connectivity index (χ1n) is 10.5. The van der Waals surface area contributed by atoms with E-state index in [0.29, 0.717) is 35.3 Å². The lowest BCUT2D eigenvalue weighted by molar-refractivity contribution is -0.118. The number of benzene rings is 2. The Labute approximate surface area is 194 Å². The fourth-order valence-electron chi connectivity index (χ4n) is 3.74. The number of rotatable bonds is 6. The van der Waals surface area contributed by atoms with E-state index in [1.807, 2.05) is 32.0 Å². The molecule has 2 aromatic carbocycles. The summed E-state index contributed by atoms with van der Waals surface area (Å²) in [6, 6.07) is 11.1. The Morgan fingerprint density at radius 2 is 2.00 bits per heavy atom. The van der Waals surface area contributed by atoms with Gasteiger partial charge in [0.25, 0.3) is 5.91 Å². The second kappa shape index (κ2) is 8.70. The van der Waals surface area contributed by atoms with Crippen molar-refractivity contribution in [1.82, 2.24) is 10.2 Å². The van der Waals surface area contributed by atoms with Gasteiger partial charge in [0.15, 0.2) is 18.1 Å². The van der Waals surface area contributed by atoms with Crippen LogP contribution in [0.5, 0.6) is 17.2 Å². The van der Waals surface area contributed by atoms with Gasteiger partial charge in [0.05, 0.1) is 0 Å². The van der Waals surface area contributed by atoms with Crippen LogP contribution in [0, 0.1) is 13.8 Å². The van der Waals surface area contributed by atoms with Crippen LogP contribution in [0.25, 0.3) is 0 Å². The summed E-state index contributed by atoms with van der Waals surface area (Å²) in [6.07, 6.45) is 0.364. The molecule has 3 aromatic rings. The summed E-state index contributed by atoms with van der Waals surface area (Å²) in [5.41, 5.74) is 3.23. The van der Waals surface area contributed by atoms with Gasteiger partial charge in [0.1, 0.15) is 10.8 Å². The molecule has 1 saturated heterocycles. The Bertz CT molecular complexity index is 1230. The van der Waals surface area contributed by atoms with Crippen molar-refractivity contribution in [1.29, 1.82) is 0 Å². The van der Waals surface area contributed by atoms with Crippen molar-refractivity contribution in [3.63, 3.8) is 0 Å². The van der Waals surface area contributed by atoms with Gasteiger partial charge in [0.2, 0.25) is 17.8 Å². The Morgan fingerprint density at radius 1 is 1.15 bits per heavy atom. The molecule has 5 rings (SSSR count). The first-order chi connectivity index (χ1) is 16.0. The number of ether oxygens (including phenoxy) is 3. The molecule has 33 heavy (non-hydrogen) atoms. The summed E-state index contributed by atoms with van der Waals surface area (Å²) in [7, 11) is 0. The van der Waals surface area contributed by atoms with E-state index >= 15 is 0 Å². The van der Waals surface area contributed by atoms with Crippen molar-refractivity contribution < 1.29 is 23.8 Å². The van der Waals surface area contributed by atoms with Crippen LogP contribution in [0.2, 0.25) is 0 Å². The lowest BCUT2D eigenvalue weighted by atomic mass is 10.1. The number of hydrogen-bond donors (Lipinski definition) is 1. The molecule has 9 nitrogen and oxygen atoms in total. The minimum Gasteiger partial charge on any atom is -0.484 e. The lowest BCUT2D eigenvalue weighted by Crippen LogP contribution is -2.24. The SMILES string of the molecule is Cc1ccc(N2CC(c3nnc(NC(=O)COc4ccc5c(c4)OCO5)s3)CC2=O)cc1C. The van der Waals surface area contributed by atoms with Crippen molar-refractivity contribution in [3.05, 3.63) is 52.5 Å². The fraction of sp³-hybridized carbons (Fsp3) is 0.304. The van der Waals surface area contributed by atoms with E-state index in [9.17, 15) is 9.59 Å². The molecule has 1 unspecified atom stereocenters. The Balaban J connectivity index is 1.17. The number of amides is 2. The number of hydrogen-bond acceptors (Lipinski definition) is 8. The predicted molar refractivity (Wildman–Crippen MR) is 122 cm³/mol. The van der Waals surface area contributed by atoms with Crippen LogP contribution in [-0.2, 0) is 9.59 Å². The van der Waals surface area contributed by atoms with Crippen LogP contribution in [0.4, 0.5) is 10.8 Å². The van der Waals surface area contributed by atoms with E-state index in [1.165, 1.54) is 16.9 Å². The van der Waals surface area contributed by atoms with Gasteiger partial charge in [-0.2, -0.15) is 0 Å². The monoisotopic (exact) mass is 466 g/mol. The normalized spacial score (nSPS) is 16.8. The van der Waals surface area contributed by atoms with Crippen molar-refractivity contribution in [2.75, 3.05) is 30.2 Å². The van der Waals surface area contributed by atoms with Gasteiger partial charge in [-0.1, -0.05) is 17.4 Å². The number of carbonyl (C=O) groups is 2. The molecule has 2 amide bonds. The zero-order valence-electron chi connectivity index (χ0n) is 18.2. The highest BCUT2D eigenvalue weighted by atomic mass is 32.1. The molecule has 1 N–H and O–H groups in total. The first kappa shape index (κ1) is 21.2. The van der Waals surface area contributed by atoms with Gasteiger partial charge in [0, 0.05) is 30.6 Å². The van der Waals surface area contributed by atoms with Crippen molar-refractivity contribution in [2.24, 2.45) is 0 Å². The summed E-state index contributed by atoms with van der Waals surface area (Å²) >= 11 is 1.28. The zero-order chi connectivity index (χ0) is 22.9. The van der Waals surface area contributed by atoms with Crippen molar-refractivity contribution in [2.45, 2.75) is 26.2 Å². The number of fused-ring (bicyclic) bond motifs is 1. The largest absolute Gasteiger partial charge is 0.484 e. The lowest BCUT2D eigenvalue weighted by Gasteiger charge is -2.17. The molecule has 0 saturated carbocycles. The van der Waals surface area contributed by atoms with Crippen LogP contribution in [-0.4, -0.2) is 42.0 Å². The van der Waals surface area contributed by atoms with Crippen molar-refractivity contribution in [3.8, 4) is 17.2 Å². The Morgan fingerprint density at radius 3 is 2.85 bits per heavy atom. The third-order valence-corrected chi connectivity index (χ3v) is 6.68. The maximum Gasteiger partial charge on any atom is 0.264 e. The van der Waals surface area contributed by atoms with Crippen LogP contribution < -0.4 is 24.4 Å². The summed E-state index contributed by atoms with van der Waals surface area (Å²) in [5, 5.41) is 12.1. The molecule has 1 atom stereocenters. The highest BCUT2D eigenvalue weighted by molar-refractivity contribution is 7.15. The van der Waals surface area contributed by atoms with Crippen LogP contribution in [0.15, 0.2) is 36.4 Å². The van der Waals surface area contributed by atoms with E-state index in [4.69, 9.17) is 14.2 Å². The predicted octanol–water partition coefficient (Wildman–Crippen LogP) is 3.42. The van der Waals surface area contributed by atoms with E-state index in [0.717, 1.165) is 16.3 Å². The maximum atomic E-state index is 12.6. The molecule has 0 bridgehead atoms. The van der Waals surface area contributed by atoms with Gasteiger partial charge in [-0.25, -0.2) is 0 Å². The molecule has 10 heteroatoms. The Kier molecular flexibility index (Phi) is 5.59. The van der Waals surface area contributed by atoms with Crippen molar-refractivity contribution >= 4 is 34.0 Å². The third-order valence-electron chi connectivity index (χ3n) is 5.68. The van der Waals surface area contributed by atoms with Crippen LogP contribution in [0.3, 0.4) is 0 Å².